The van der Waals surface area contributed by atoms with Crippen LogP contribution in [-0.2, 0) is 16.1 Å². The Morgan fingerprint density at radius 3 is 2.65 bits per heavy atom. The third-order valence-corrected chi connectivity index (χ3v) is 3.43. The zero-order valence-electron chi connectivity index (χ0n) is 12.5. The predicted octanol–water partition coefficient (Wildman–Crippen LogP) is 3.31. The Bertz CT molecular complexity index is 456. The van der Waals surface area contributed by atoms with Crippen LogP contribution in [-0.4, -0.2) is 25.1 Å². The first-order valence-corrected chi connectivity index (χ1v) is 7.44. The van der Waals surface area contributed by atoms with Crippen molar-refractivity contribution in [1.82, 2.24) is 5.32 Å². The SMILES string of the molecule is COCc1c(Br)cccc1NC(=O)CCNC(C)(C)C. The first-order chi connectivity index (χ1) is 9.33. The maximum atomic E-state index is 12.0. The number of nitrogens with one attached hydrogen (secondary N) is 2. The highest BCUT2D eigenvalue weighted by atomic mass is 79.9. The molecule has 0 heterocycles. The minimum Gasteiger partial charge on any atom is -0.380 e. The summed E-state index contributed by atoms with van der Waals surface area (Å²) in [4.78, 5) is 12.0. The number of ether oxygens (including phenoxy) is 1. The summed E-state index contributed by atoms with van der Waals surface area (Å²) >= 11 is 3.47. The van der Waals surface area contributed by atoms with E-state index in [1.54, 1.807) is 7.11 Å². The van der Waals surface area contributed by atoms with Crippen molar-refractivity contribution in [3.05, 3.63) is 28.2 Å². The van der Waals surface area contributed by atoms with Gasteiger partial charge in [0.05, 0.1) is 6.61 Å². The molecule has 0 aliphatic carbocycles. The summed E-state index contributed by atoms with van der Waals surface area (Å²) in [6.45, 7) is 7.35. The van der Waals surface area contributed by atoms with Gasteiger partial charge in [-0.3, -0.25) is 4.79 Å². The lowest BCUT2D eigenvalue weighted by Crippen LogP contribution is -2.37. The lowest BCUT2D eigenvalue weighted by molar-refractivity contribution is -0.116. The summed E-state index contributed by atoms with van der Waals surface area (Å²) in [6.07, 6.45) is 0.441. The zero-order chi connectivity index (χ0) is 15.2. The number of carbonyl (C=O) groups excluding carboxylic acids is 1. The molecule has 112 valence electrons. The Kier molecular flexibility index (Phi) is 6.65. The van der Waals surface area contributed by atoms with Gasteiger partial charge in [0.25, 0.3) is 0 Å². The van der Waals surface area contributed by atoms with Crippen molar-refractivity contribution < 1.29 is 9.53 Å². The number of methoxy groups -OCH3 is 1. The van der Waals surface area contributed by atoms with Crippen molar-refractivity contribution >= 4 is 27.5 Å². The molecule has 0 spiro atoms. The molecular formula is C15H23BrN2O2. The summed E-state index contributed by atoms with van der Waals surface area (Å²) in [5, 5.41) is 6.23. The first kappa shape index (κ1) is 17.1. The Balaban J connectivity index is 2.60. The van der Waals surface area contributed by atoms with Gasteiger partial charge in [-0.05, 0) is 32.9 Å². The summed E-state index contributed by atoms with van der Waals surface area (Å²) in [7, 11) is 1.64. The van der Waals surface area contributed by atoms with E-state index in [-0.39, 0.29) is 11.4 Å². The second-order valence-electron chi connectivity index (χ2n) is 5.67. The smallest absolute Gasteiger partial charge is 0.225 e. The van der Waals surface area contributed by atoms with Crippen molar-refractivity contribution in [1.29, 1.82) is 0 Å². The summed E-state index contributed by atoms with van der Waals surface area (Å²) in [6, 6.07) is 5.71. The van der Waals surface area contributed by atoms with E-state index in [9.17, 15) is 4.79 Å². The fraction of sp³-hybridized carbons (Fsp3) is 0.533. The molecule has 20 heavy (non-hydrogen) atoms. The van der Waals surface area contributed by atoms with Crippen molar-refractivity contribution in [2.45, 2.75) is 39.3 Å². The molecule has 0 saturated carbocycles. The highest BCUT2D eigenvalue weighted by molar-refractivity contribution is 9.10. The zero-order valence-corrected chi connectivity index (χ0v) is 14.1. The molecule has 0 aromatic heterocycles. The standard InChI is InChI=1S/C15H23BrN2O2/c1-15(2,3)17-9-8-14(19)18-13-7-5-6-12(16)11(13)10-20-4/h5-7,17H,8-10H2,1-4H3,(H,18,19). The van der Waals surface area contributed by atoms with Crippen LogP contribution in [0.15, 0.2) is 22.7 Å². The van der Waals surface area contributed by atoms with Crippen LogP contribution in [0.5, 0.6) is 0 Å². The van der Waals surface area contributed by atoms with Gasteiger partial charge < -0.3 is 15.4 Å². The number of hydrogen-bond acceptors (Lipinski definition) is 3. The van der Waals surface area contributed by atoms with Crippen molar-refractivity contribution in [3.63, 3.8) is 0 Å². The second kappa shape index (κ2) is 7.76. The van der Waals surface area contributed by atoms with E-state index in [1.807, 2.05) is 18.2 Å². The van der Waals surface area contributed by atoms with E-state index in [1.165, 1.54) is 0 Å². The molecule has 4 nitrogen and oxygen atoms in total. The molecule has 1 rings (SSSR count). The summed E-state index contributed by atoms with van der Waals surface area (Å²) in [5.41, 5.74) is 1.77. The van der Waals surface area contributed by atoms with E-state index in [0.29, 0.717) is 19.6 Å². The average Bonchev–Trinajstić information content (AvgIpc) is 2.32. The molecule has 0 aliphatic heterocycles. The summed E-state index contributed by atoms with van der Waals surface area (Å²) < 4.78 is 6.10. The third-order valence-electron chi connectivity index (χ3n) is 2.69. The Morgan fingerprint density at radius 1 is 1.35 bits per heavy atom. The van der Waals surface area contributed by atoms with E-state index in [2.05, 4.69) is 47.3 Å². The van der Waals surface area contributed by atoms with Crippen LogP contribution < -0.4 is 10.6 Å². The molecule has 0 bridgehead atoms. The van der Waals surface area contributed by atoms with Gasteiger partial charge in [0.15, 0.2) is 0 Å². The van der Waals surface area contributed by atoms with Gasteiger partial charge in [-0.2, -0.15) is 0 Å². The topological polar surface area (TPSA) is 50.4 Å². The van der Waals surface area contributed by atoms with Gasteiger partial charge in [0.2, 0.25) is 5.91 Å². The van der Waals surface area contributed by atoms with Crippen LogP contribution in [0.25, 0.3) is 0 Å². The van der Waals surface area contributed by atoms with Crippen molar-refractivity contribution in [3.8, 4) is 0 Å². The van der Waals surface area contributed by atoms with Crippen LogP contribution in [0, 0.1) is 0 Å². The highest BCUT2D eigenvalue weighted by Crippen LogP contribution is 2.25. The van der Waals surface area contributed by atoms with Crippen LogP contribution in [0.3, 0.4) is 0 Å². The highest BCUT2D eigenvalue weighted by Gasteiger charge is 2.12. The van der Waals surface area contributed by atoms with Gasteiger partial charge in [0, 0.05) is 41.3 Å². The minimum atomic E-state index is -0.00259. The maximum absolute atomic E-state index is 12.0. The fourth-order valence-corrected chi connectivity index (χ4v) is 2.21. The van der Waals surface area contributed by atoms with E-state index < -0.39 is 0 Å². The number of anilines is 1. The molecule has 0 atom stereocenters. The van der Waals surface area contributed by atoms with Crippen LogP contribution >= 0.6 is 15.9 Å². The number of hydrogen-bond donors (Lipinski definition) is 2. The van der Waals surface area contributed by atoms with Gasteiger partial charge in [-0.15, -0.1) is 0 Å². The molecule has 0 saturated heterocycles. The van der Waals surface area contributed by atoms with Crippen molar-refractivity contribution in [2.75, 3.05) is 19.0 Å². The molecule has 1 amide bonds. The fourth-order valence-electron chi connectivity index (χ4n) is 1.73. The molecule has 0 radical (unpaired) electrons. The largest absolute Gasteiger partial charge is 0.380 e. The molecular weight excluding hydrogens is 320 g/mol. The van der Waals surface area contributed by atoms with Gasteiger partial charge in [0.1, 0.15) is 0 Å². The number of carbonyl (C=O) groups is 1. The minimum absolute atomic E-state index is 0.00259. The van der Waals surface area contributed by atoms with E-state index in [0.717, 1.165) is 15.7 Å². The van der Waals surface area contributed by atoms with Crippen molar-refractivity contribution in [2.24, 2.45) is 0 Å². The Morgan fingerprint density at radius 2 is 2.05 bits per heavy atom. The van der Waals surface area contributed by atoms with Crippen LogP contribution in [0.4, 0.5) is 5.69 Å². The molecule has 5 heteroatoms. The number of rotatable bonds is 6. The summed E-state index contributed by atoms with van der Waals surface area (Å²) in [5.74, 6) is -0.00259. The average molecular weight is 343 g/mol. The second-order valence-corrected chi connectivity index (χ2v) is 6.53. The first-order valence-electron chi connectivity index (χ1n) is 6.64. The van der Waals surface area contributed by atoms with Gasteiger partial charge in [-0.1, -0.05) is 22.0 Å². The Labute approximate surface area is 129 Å². The number of halogens is 1. The quantitative estimate of drug-likeness (QED) is 0.833. The van der Waals surface area contributed by atoms with E-state index >= 15 is 0 Å². The molecule has 1 aromatic carbocycles. The Hall–Kier alpha value is -0.910. The predicted molar refractivity (Wildman–Crippen MR) is 85.9 cm³/mol. The van der Waals surface area contributed by atoms with Crippen LogP contribution in [0.1, 0.15) is 32.8 Å². The lowest BCUT2D eigenvalue weighted by Gasteiger charge is -2.20. The monoisotopic (exact) mass is 342 g/mol. The number of benzene rings is 1. The normalized spacial score (nSPS) is 11.4. The molecule has 2 N–H and O–H groups in total. The molecule has 0 unspecified atom stereocenters. The van der Waals surface area contributed by atoms with Gasteiger partial charge in [-0.25, -0.2) is 0 Å². The van der Waals surface area contributed by atoms with Gasteiger partial charge >= 0.3 is 0 Å². The molecule has 0 aliphatic rings. The van der Waals surface area contributed by atoms with E-state index in [4.69, 9.17) is 4.74 Å². The maximum Gasteiger partial charge on any atom is 0.225 e. The number of amides is 1. The van der Waals surface area contributed by atoms with Crippen LogP contribution in [0.2, 0.25) is 0 Å². The third kappa shape index (κ3) is 6.03. The molecule has 0 fully saturated rings. The molecule has 1 aromatic rings. The lowest BCUT2D eigenvalue weighted by atomic mass is 10.1.